The monoisotopic (exact) mass is 345 g/mol. The fourth-order valence-corrected chi connectivity index (χ4v) is 2.11. The summed E-state index contributed by atoms with van der Waals surface area (Å²) in [6, 6.07) is 3.45. The van der Waals surface area contributed by atoms with E-state index in [1.807, 2.05) is 6.92 Å². The van der Waals surface area contributed by atoms with Crippen LogP contribution in [0.25, 0.3) is 0 Å². The highest BCUT2D eigenvalue weighted by molar-refractivity contribution is 7.80. The second-order valence-corrected chi connectivity index (χ2v) is 5.25. The van der Waals surface area contributed by atoms with E-state index < -0.39 is 0 Å². The summed E-state index contributed by atoms with van der Waals surface area (Å²) in [4.78, 5) is 0. The van der Waals surface area contributed by atoms with Crippen molar-refractivity contribution in [2.45, 2.75) is 13.3 Å². The zero-order valence-electron chi connectivity index (χ0n) is 11.7. The number of halogens is 2. The van der Waals surface area contributed by atoms with E-state index in [1.54, 1.807) is 24.4 Å². The van der Waals surface area contributed by atoms with Crippen molar-refractivity contribution in [3.05, 3.63) is 40.4 Å². The van der Waals surface area contributed by atoms with Crippen LogP contribution in [-0.4, -0.2) is 24.5 Å². The van der Waals surface area contributed by atoms with Gasteiger partial charge in [0.2, 0.25) is 0 Å². The molecule has 0 aliphatic carbocycles. The number of hydrogen-bond acceptors (Lipinski definition) is 3. The van der Waals surface area contributed by atoms with Crippen LogP contribution in [0, 0.1) is 0 Å². The van der Waals surface area contributed by atoms with E-state index in [0.717, 1.165) is 12.0 Å². The van der Waals surface area contributed by atoms with Crippen molar-refractivity contribution in [1.82, 2.24) is 10.7 Å². The molecule has 2 N–H and O–H groups in total. The topological polar surface area (TPSA) is 45.7 Å². The van der Waals surface area contributed by atoms with Crippen LogP contribution in [-0.2, 0) is 0 Å². The molecule has 1 aromatic rings. The van der Waals surface area contributed by atoms with Crippen molar-refractivity contribution in [3.63, 3.8) is 0 Å². The molecule has 1 rings (SSSR count). The second kappa shape index (κ2) is 9.60. The van der Waals surface area contributed by atoms with Crippen LogP contribution in [0.1, 0.15) is 18.9 Å². The Hall–Kier alpha value is -1.30. The summed E-state index contributed by atoms with van der Waals surface area (Å²) in [5.74, 6) is 0.494. The second-order valence-electron chi connectivity index (χ2n) is 4.03. The molecule has 0 spiro atoms. The highest BCUT2D eigenvalue weighted by Crippen LogP contribution is 2.33. The summed E-state index contributed by atoms with van der Waals surface area (Å²) >= 11 is 17.3. The molecule has 21 heavy (non-hydrogen) atoms. The van der Waals surface area contributed by atoms with Crippen molar-refractivity contribution in [2.24, 2.45) is 5.10 Å². The number of rotatable bonds is 7. The molecular weight excluding hydrogens is 329 g/mol. The first-order chi connectivity index (χ1) is 10.1. The third-order valence-corrected chi connectivity index (χ3v) is 3.05. The third-order valence-electron chi connectivity index (χ3n) is 2.26. The first kappa shape index (κ1) is 17.8. The van der Waals surface area contributed by atoms with Gasteiger partial charge in [0.25, 0.3) is 0 Å². The summed E-state index contributed by atoms with van der Waals surface area (Å²) in [5, 5.41) is 8.19. The van der Waals surface area contributed by atoms with Crippen LogP contribution in [0.3, 0.4) is 0 Å². The zero-order valence-corrected chi connectivity index (χ0v) is 14.0. The highest BCUT2D eigenvalue weighted by Gasteiger charge is 2.08. The number of nitrogens with one attached hydrogen (secondary N) is 2. The summed E-state index contributed by atoms with van der Waals surface area (Å²) in [6.07, 6.45) is 4.16. The Bertz CT molecular complexity index is 512. The predicted octanol–water partition coefficient (Wildman–Crippen LogP) is 3.77. The van der Waals surface area contributed by atoms with E-state index in [2.05, 4.69) is 22.4 Å². The van der Waals surface area contributed by atoms with Crippen LogP contribution in [0.5, 0.6) is 5.75 Å². The molecular formula is C14H17Cl2N3OS. The quantitative estimate of drug-likeness (QED) is 0.341. The van der Waals surface area contributed by atoms with E-state index in [9.17, 15) is 0 Å². The van der Waals surface area contributed by atoms with Gasteiger partial charge in [0.05, 0.1) is 22.9 Å². The molecule has 0 amide bonds. The summed E-state index contributed by atoms with van der Waals surface area (Å²) in [7, 11) is 0. The average Bonchev–Trinajstić information content (AvgIpc) is 2.44. The lowest BCUT2D eigenvalue weighted by molar-refractivity contribution is 0.318. The van der Waals surface area contributed by atoms with Gasteiger partial charge < -0.3 is 10.1 Å². The molecule has 0 aliphatic rings. The Morgan fingerprint density at radius 1 is 1.43 bits per heavy atom. The molecule has 0 radical (unpaired) electrons. The van der Waals surface area contributed by atoms with Crippen LogP contribution >= 0.6 is 35.4 Å². The normalized spacial score (nSPS) is 10.4. The molecule has 7 heteroatoms. The lowest BCUT2D eigenvalue weighted by atomic mass is 10.2. The number of hydrogen-bond donors (Lipinski definition) is 2. The third kappa shape index (κ3) is 6.33. The Balaban J connectivity index is 2.68. The molecule has 114 valence electrons. The lowest BCUT2D eigenvalue weighted by Gasteiger charge is -2.09. The predicted molar refractivity (Wildman–Crippen MR) is 93.8 cm³/mol. The number of benzene rings is 1. The van der Waals surface area contributed by atoms with Gasteiger partial charge in [-0.3, -0.25) is 5.43 Å². The smallest absolute Gasteiger partial charge is 0.187 e. The van der Waals surface area contributed by atoms with E-state index in [4.69, 9.17) is 40.2 Å². The molecule has 4 nitrogen and oxygen atoms in total. The van der Waals surface area contributed by atoms with Gasteiger partial charge >= 0.3 is 0 Å². The van der Waals surface area contributed by atoms with E-state index in [1.165, 1.54) is 0 Å². The van der Waals surface area contributed by atoms with E-state index >= 15 is 0 Å². The fourth-order valence-electron chi connectivity index (χ4n) is 1.37. The van der Waals surface area contributed by atoms with Gasteiger partial charge in [-0.25, -0.2) is 0 Å². The molecule has 0 heterocycles. The standard InChI is InChI=1S/C14H17Cl2N3OS/c1-3-5-17-14(21)19-18-9-10-7-11(15)13(12(16)8-10)20-6-4-2/h3,7-9H,1,4-6H2,2H3,(H2,17,19,21)/b18-9+. The molecule has 0 atom stereocenters. The first-order valence-electron chi connectivity index (χ1n) is 6.38. The summed E-state index contributed by atoms with van der Waals surface area (Å²) in [6.45, 7) is 6.73. The Labute approximate surface area is 140 Å². The number of hydrazone groups is 1. The van der Waals surface area contributed by atoms with Gasteiger partial charge in [-0.15, -0.1) is 6.58 Å². The number of nitrogens with zero attached hydrogens (tertiary/aromatic N) is 1. The Morgan fingerprint density at radius 2 is 2.10 bits per heavy atom. The minimum absolute atomic E-state index is 0.409. The van der Waals surface area contributed by atoms with Crippen molar-refractivity contribution in [1.29, 1.82) is 0 Å². The maximum Gasteiger partial charge on any atom is 0.187 e. The van der Waals surface area contributed by atoms with Crippen molar-refractivity contribution >= 4 is 46.7 Å². The molecule has 1 aromatic carbocycles. The van der Waals surface area contributed by atoms with Gasteiger partial charge in [-0.2, -0.15) is 5.10 Å². The maximum atomic E-state index is 6.14. The van der Waals surface area contributed by atoms with E-state index in [-0.39, 0.29) is 0 Å². The SMILES string of the molecule is C=CCNC(=S)N/N=C/c1cc(Cl)c(OCCC)c(Cl)c1. The van der Waals surface area contributed by atoms with Gasteiger partial charge in [0, 0.05) is 6.54 Å². The Morgan fingerprint density at radius 3 is 2.67 bits per heavy atom. The zero-order chi connectivity index (χ0) is 15.7. The van der Waals surface area contributed by atoms with E-state index in [0.29, 0.717) is 34.1 Å². The van der Waals surface area contributed by atoms with Gasteiger partial charge in [0.1, 0.15) is 0 Å². The molecule has 0 fully saturated rings. The average molecular weight is 346 g/mol. The largest absolute Gasteiger partial charge is 0.490 e. The van der Waals surface area contributed by atoms with Crippen molar-refractivity contribution in [3.8, 4) is 5.75 Å². The van der Waals surface area contributed by atoms with Gasteiger partial charge in [-0.1, -0.05) is 36.2 Å². The van der Waals surface area contributed by atoms with Crippen LogP contribution in [0.2, 0.25) is 10.0 Å². The molecule has 0 aromatic heterocycles. The first-order valence-corrected chi connectivity index (χ1v) is 7.54. The number of thiocarbonyl (C=S) groups is 1. The maximum absolute atomic E-state index is 6.14. The minimum atomic E-state index is 0.409. The summed E-state index contributed by atoms with van der Waals surface area (Å²) in [5.41, 5.74) is 3.42. The molecule has 0 unspecified atom stereocenters. The molecule has 0 aliphatic heterocycles. The molecule has 0 saturated carbocycles. The highest BCUT2D eigenvalue weighted by atomic mass is 35.5. The molecule has 0 saturated heterocycles. The van der Waals surface area contributed by atoms with Crippen molar-refractivity contribution in [2.75, 3.05) is 13.2 Å². The van der Waals surface area contributed by atoms with Crippen LogP contribution in [0.15, 0.2) is 29.9 Å². The summed E-state index contributed by atoms with van der Waals surface area (Å²) < 4.78 is 5.49. The van der Waals surface area contributed by atoms with Crippen molar-refractivity contribution < 1.29 is 4.74 Å². The molecule has 0 bridgehead atoms. The minimum Gasteiger partial charge on any atom is -0.490 e. The van der Waals surface area contributed by atoms with Crippen LogP contribution < -0.4 is 15.5 Å². The lowest BCUT2D eigenvalue weighted by Crippen LogP contribution is -2.31. The fraction of sp³-hybridized carbons (Fsp3) is 0.286. The van der Waals surface area contributed by atoms with Crippen LogP contribution in [0.4, 0.5) is 0 Å². The van der Waals surface area contributed by atoms with Gasteiger partial charge in [0.15, 0.2) is 10.9 Å². The number of ether oxygens (including phenoxy) is 1. The Kier molecular flexibility index (Phi) is 8.12. The van der Waals surface area contributed by atoms with Gasteiger partial charge in [-0.05, 0) is 36.3 Å².